The molecule has 17 nitrogen and oxygen atoms in total. The van der Waals surface area contributed by atoms with E-state index in [1.165, 1.54) is 12.0 Å². The normalized spacial score (nSPS) is 41.3. The third-order valence-electron chi connectivity index (χ3n) is 15.7. The molecule has 1 saturated carbocycles. The summed E-state index contributed by atoms with van der Waals surface area (Å²) >= 11 is 0. The zero-order chi connectivity index (χ0) is 49.4. The summed E-state index contributed by atoms with van der Waals surface area (Å²) in [6, 6.07) is -1.18. The molecule has 1 aliphatic carbocycles. The summed E-state index contributed by atoms with van der Waals surface area (Å²) in [7, 11) is 4.64. The van der Waals surface area contributed by atoms with Crippen molar-refractivity contribution in [2.45, 2.75) is 167 Å². The number of aromatic nitrogens is 4. The van der Waals surface area contributed by atoms with Gasteiger partial charge in [-0.15, -0.1) is 5.10 Å². The lowest BCUT2D eigenvalue weighted by Gasteiger charge is -2.43. The fourth-order valence-electron chi connectivity index (χ4n) is 11.4. The number of aliphatic hydroxyl groups excluding tert-OH is 1. The first-order valence-corrected chi connectivity index (χ1v) is 24.6. The monoisotopic (exact) mass is 950 g/mol. The Kier molecular flexibility index (Phi) is 18.4. The molecule has 6 rings (SSSR count). The number of carbonyl (C=O) groups is 5. The van der Waals surface area contributed by atoms with Gasteiger partial charge in [0.25, 0.3) is 11.7 Å². The van der Waals surface area contributed by atoms with E-state index in [1.54, 1.807) is 52.1 Å². The van der Waals surface area contributed by atoms with E-state index in [4.69, 9.17) is 23.7 Å². The number of carbonyl (C=O) groups excluding carboxylic acids is 5. The van der Waals surface area contributed by atoms with Crippen LogP contribution in [-0.2, 0) is 47.7 Å². The lowest BCUT2D eigenvalue weighted by Crippen LogP contribution is -2.61. The molecule has 4 aliphatic heterocycles. The molecule has 0 radical (unpaired) electrons. The quantitative estimate of drug-likeness (QED) is 0.211. The maximum Gasteiger partial charge on any atom is 0.329 e. The lowest BCUT2D eigenvalue weighted by atomic mass is 9.70. The molecule has 17 heteroatoms. The van der Waals surface area contributed by atoms with Crippen LogP contribution in [0.25, 0.3) is 0 Å². The van der Waals surface area contributed by atoms with E-state index in [-0.39, 0.29) is 66.8 Å². The Bertz CT molecular complexity index is 2050. The first kappa shape index (κ1) is 53.1. The molecule has 68 heavy (non-hydrogen) atoms. The maximum atomic E-state index is 14.4. The van der Waals surface area contributed by atoms with E-state index in [9.17, 15) is 34.2 Å². The molecule has 3 saturated heterocycles. The standard InChI is InChI=1S/C51H75N5O12/c1-29-13-11-10-12-14-30(2)42(64-7)26-37-17-15-34(6)51(63,68-37)48(60)49(61)55-20-19-36-25-40(55)50(62)67-43(38(36)23-35-16-18-39(44(24-35)65-8)56-28-52-53-54-56)27-41(57)31(3)22-33(5)46(59)47(66-9)45(58)32(4)21-29/h10-14,22,28-29,31-32,34-40,42-44,46-47,59,63H,15-21,23-27H2,1-9H3/b12-10+,13-11+,30-14+,33-22+/t29?,31?,32?,34?,35?,36-,37-,38?,39?,40?,42-,43-,44?,46+,47?,51?/m0/s1. The van der Waals surface area contributed by atoms with E-state index in [1.807, 2.05) is 51.2 Å². The highest BCUT2D eigenvalue weighted by Gasteiger charge is 2.55. The topological polar surface area (TPSA) is 219 Å². The highest BCUT2D eigenvalue weighted by atomic mass is 16.6. The Balaban J connectivity index is 1.32. The predicted octanol–water partition coefficient (Wildman–Crippen LogP) is 5.27. The molecule has 1 amide bonds. The van der Waals surface area contributed by atoms with E-state index in [0.29, 0.717) is 50.5 Å². The highest BCUT2D eigenvalue weighted by Crippen LogP contribution is 2.45. The summed E-state index contributed by atoms with van der Waals surface area (Å²) in [5, 5.41) is 35.3. The second-order valence-corrected chi connectivity index (χ2v) is 20.4. The molecule has 5 aliphatic rings. The number of methoxy groups -OCH3 is 3. The van der Waals surface area contributed by atoms with Crippen molar-refractivity contribution in [3.05, 3.63) is 53.9 Å². The number of fused-ring (bicyclic) bond motifs is 5. The Labute approximate surface area is 401 Å². The summed E-state index contributed by atoms with van der Waals surface area (Å²) in [6.45, 7) is 10.9. The van der Waals surface area contributed by atoms with Crippen molar-refractivity contribution in [2.24, 2.45) is 41.4 Å². The van der Waals surface area contributed by atoms with Crippen molar-refractivity contribution < 1.29 is 57.9 Å². The van der Waals surface area contributed by atoms with Crippen LogP contribution in [0.2, 0.25) is 0 Å². The molecule has 5 bridgehead atoms. The summed E-state index contributed by atoms with van der Waals surface area (Å²) in [4.78, 5) is 72.4. The van der Waals surface area contributed by atoms with Gasteiger partial charge in [-0.05, 0) is 117 Å². The second-order valence-electron chi connectivity index (χ2n) is 20.4. The van der Waals surface area contributed by atoms with E-state index in [2.05, 4.69) is 15.5 Å². The van der Waals surface area contributed by atoms with Gasteiger partial charge in [-0.3, -0.25) is 19.2 Å². The number of amides is 1. The average Bonchev–Trinajstić information content (AvgIpc) is 3.84. The van der Waals surface area contributed by atoms with Gasteiger partial charge in [0.1, 0.15) is 36.5 Å². The third-order valence-corrected chi connectivity index (χ3v) is 15.7. The molecule has 2 N–H and O–H groups in total. The minimum atomic E-state index is -2.43. The largest absolute Gasteiger partial charge is 0.460 e. The van der Waals surface area contributed by atoms with Gasteiger partial charge in [-0.25, -0.2) is 9.48 Å². The first-order chi connectivity index (χ1) is 32.4. The molecular formula is C51H75N5O12. The van der Waals surface area contributed by atoms with Crippen LogP contribution in [0.15, 0.2) is 53.9 Å². The van der Waals surface area contributed by atoms with Gasteiger partial charge in [-0.1, -0.05) is 64.2 Å². The van der Waals surface area contributed by atoms with E-state index >= 15 is 0 Å². The van der Waals surface area contributed by atoms with Gasteiger partial charge in [0, 0.05) is 58.5 Å². The number of nitrogens with zero attached hydrogens (tertiary/aromatic N) is 5. The van der Waals surface area contributed by atoms with Crippen molar-refractivity contribution >= 4 is 29.2 Å². The number of allylic oxidation sites excluding steroid dienone is 6. The van der Waals surface area contributed by atoms with Gasteiger partial charge in [-0.2, -0.15) is 0 Å². The molecule has 376 valence electrons. The average molecular weight is 950 g/mol. The minimum Gasteiger partial charge on any atom is -0.460 e. The minimum absolute atomic E-state index is 0.0207. The number of hydrogen-bond donors (Lipinski definition) is 2. The van der Waals surface area contributed by atoms with E-state index in [0.717, 1.165) is 18.4 Å². The molecule has 0 spiro atoms. The van der Waals surface area contributed by atoms with Crippen LogP contribution >= 0.6 is 0 Å². The number of hydrogen-bond acceptors (Lipinski definition) is 15. The second kappa shape index (κ2) is 23.6. The molecule has 11 unspecified atom stereocenters. The number of ketones is 3. The molecule has 1 aromatic rings. The van der Waals surface area contributed by atoms with Crippen LogP contribution in [0, 0.1) is 41.4 Å². The Morgan fingerprint density at radius 3 is 2.32 bits per heavy atom. The Morgan fingerprint density at radius 1 is 0.868 bits per heavy atom. The number of Topliss-reactive ketones (excluding diaryl/α,β-unsaturated/α-hetero) is 3. The van der Waals surface area contributed by atoms with Crippen molar-refractivity contribution in [1.82, 2.24) is 25.1 Å². The van der Waals surface area contributed by atoms with Gasteiger partial charge in [0.2, 0.25) is 5.79 Å². The predicted molar refractivity (Wildman–Crippen MR) is 249 cm³/mol. The third kappa shape index (κ3) is 12.2. The molecule has 16 atom stereocenters. The highest BCUT2D eigenvalue weighted by molar-refractivity contribution is 6.39. The van der Waals surface area contributed by atoms with Gasteiger partial charge in [0.15, 0.2) is 5.78 Å². The molecule has 0 aromatic carbocycles. The van der Waals surface area contributed by atoms with Crippen LogP contribution in [0.3, 0.4) is 0 Å². The van der Waals surface area contributed by atoms with E-state index < -0.39 is 77.8 Å². The van der Waals surface area contributed by atoms with Crippen LogP contribution in [0.4, 0.5) is 0 Å². The molecule has 4 fully saturated rings. The van der Waals surface area contributed by atoms with Crippen LogP contribution in [-0.4, -0.2) is 141 Å². The number of tetrazole rings is 1. The zero-order valence-corrected chi connectivity index (χ0v) is 41.4. The number of esters is 1. The molecule has 5 heterocycles. The van der Waals surface area contributed by atoms with Crippen LogP contribution in [0.5, 0.6) is 0 Å². The zero-order valence-electron chi connectivity index (χ0n) is 41.4. The summed E-state index contributed by atoms with van der Waals surface area (Å²) in [6.07, 6.45) is 13.4. The van der Waals surface area contributed by atoms with Crippen LogP contribution < -0.4 is 0 Å². The fraction of sp³-hybridized carbons (Fsp3) is 0.725. The van der Waals surface area contributed by atoms with Gasteiger partial charge >= 0.3 is 5.97 Å². The number of rotatable bonds is 6. The Hall–Kier alpha value is -4.26. The summed E-state index contributed by atoms with van der Waals surface area (Å²) in [5.41, 5.74) is 1.28. The SMILES string of the molecule is COC1CC(CC2[C@H]3CCN4C(=O)C(=O)C5(O)O[C@@H](CCC5C)C[C@H](OC)/C(C)=C/C=C/C=C/C(C)CC(C)C(=O)C(OC)[C@H](O)/C(C)=C/C(C)C(=O)C[C@@H]2OC(=O)C4C3)CCC1n1cnnn1. The van der Waals surface area contributed by atoms with Crippen molar-refractivity contribution in [1.29, 1.82) is 0 Å². The van der Waals surface area contributed by atoms with Gasteiger partial charge in [0.05, 0.1) is 24.4 Å². The number of ether oxygens (including phenoxy) is 5. The first-order valence-electron chi connectivity index (χ1n) is 24.6. The number of piperidine rings is 1. The maximum absolute atomic E-state index is 14.4. The number of aliphatic hydroxyl groups is 2. The van der Waals surface area contributed by atoms with Gasteiger partial charge < -0.3 is 38.8 Å². The van der Waals surface area contributed by atoms with Crippen molar-refractivity contribution in [3.8, 4) is 0 Å². The summed E-state index contributed by atoms with van der Waals surface area (Å²) in [5.74, 6) is -7.92. The fourth-order valence-corrected chi connectivity index (χ4v) is 11.4. The van der Waals surface area contributed by atoms with Crippen molar-refractivity contribution in [3.63, 3.8) is 0 Å². The smallest absolute Gasteiger partial charge is 0.329 e. The molecule has 1 aromatic heterocycles. The van der Waals surface area contributed by atoms with Crippen LogP contribution in [0.1, 0.15) is 118 Å². The lowest BCUT2D eigenvalue weighted by molar-refractivity contribution is -0.265. The van der Waals surface area contributed by atoms with Crippen molar-refractivity contribution in [2.75, 3.05) is 27.9 Å². The summed E-state index contributed by atoms with van der Waals surface area (Å²) < 4.78 is 31.7. The Morgan fingerprint density at radius 2 is 1.63 bits per heavy atom. The molecular weight excluding hydrogens is 875 g/mol.